The van der Waals surface area contributed by atoms with E-state index in [1.54, 1.807) is 0 Å². The van der Waals surface area contributed by atoms with Gasteiger partial charge in [-0.3, -0.25) is 4.79 Å². The van der Waals surface area contributed by atoms with Gasteiger partial charge in [0.15, 0.2) is 0 Å². The summed E-state index contributed by atoms with van der Waals surface area (Å²) in [5.41, 5.74) is 0. The Balaban J connectivity index is 2.68. The lowest BCUT2D eigenvalue weighted by Crippen LogP contribution is -2.46. The molecule has 0 aromatic carbocycles. The fourth-order valence-corrected chi connectivity index (χ4v) is 2.45. The highest BCUT2D eigenvalue weighted by Gasteiger charge is 2.44. The number of sulfonamides is 1. The first-order valence-corrected chi connectivity index (χ1v) is 5.17. The van der Waals surface area contributed by atoms with Crippen molar-refractivity contribution >= 4 is 16.0 Å². The first kappa shape index (κ1) is 9.47. The number of ether oxygens (including phenoxy) is 1. The van der Waals surface area contributed by atoms with Gasteiger partial charge in [-0.25, -0.2) is 13.6 Å². The van der Waals surface area contributed by atoms with E-state index in [1.807, 2.05) is 0 Å². The summed E-state index contributed by atoms with van der Waals surface area (Å²) in [5.74, 6) is -1.04. The molecule has 0 spiro atoms. The predicted molar refractivity (Wildman–Crippen MR) is 41.6 cm³/mol. The lowest BCUT2D eigenvalue weighted by Gasteiger charge is -2.31. The van der Waals surface area contributed by atoms with Gasteiger partial charge in [-0.15, -0.1) is 0 Å². The Kier molecular flexibility index (Phi) is 2.39. The third-order valence-electron chi connectivity index (χ3n) is 2.14. The van der Waals surface area contributed by atoms with E-state index in [9.17, 15) is 13.2 Å². The molecule has 0 heterocycles. The lowest BCUT2D eigenvalue weighted by atomic mass is 9.85. The zero-order valence-corrected chi connectivity index (χ0v) is 7.50. The van der Waals surface area contributed by atoms with E-state index in [-0.39, 0.29) is 0 Å². The number of hydrogen-bond donors (Lipinski definition) is 1. The summed E-state index contributed by atoms with van der Waals surface area (Å²) in [5, 5.41) is 4.16. The number of carbonyl (C=O) groups excluding carboxylic acids is 1. The highest BCUT2D eigenvalue weighted by molar-refractivity contribution is 7.89. The van der Waals surface area contributed by atoms with Crippen LogP contribution in [-0.4, -0.2) is 26.7 Å². The van der Waals surface area contributed by atoms with Crippen LogP contribution in [0, 0.1) is 5.92 Å². The Labute approximate surface area is 70.9 Å². The van der Waals surface area contributed by atoms with E-state index < -0.39 is 27.2 Å². The van der Waals surface area contributed by atoms with Gasteiger partial charge in [-0.1, -0.05) is 0 Å². The highest BCUT2D eigenvalue weighted by atomic mass is 32.2. The van der Waals surface area contributed by atoms with Crippen molar-refractivity contribution in [2.75, 3.05) is 7.11 Å². The monoisotopic (exact) mass is 193 g/mol. The molecule has 0 radical (unpaired) electrons. The smallest absolute Gasteiger partial charge is 0.310 e. The van der Waals surface area contributed by atoms with E-state index in [1.165, 1.54) is 7.11 Å². The lowest BCUT2D eigenvalue weighted by molar-refractivity contribution is -0.147. The van der Waals surface area contributed by atoms with Gasteiger partial charge < -0.3 is 4.74 Å². The van der Waals surface area contributed by atoms with Crippen molar-refractivity contribution in [2.24, 2.45) is 11.1 Å². The van der Waals surface area contributed by atoms with Crippen molar-refractivity contribution in [1.29, 1.82) is 0 Å². The fourth-order valence-electron chi connectivity index (χ4n) is 1.28. The number of hydrogen-bond acceptors (Lipinski definition) is 4. The maximum Gasteiger partial charge on any atom is 0.310 e. The predicted octanol–water partition coefficient (Wildman–Crippen LogP) is -0.774. The van der Waals surface area contributed by atoms with Crippen LogP contribution in [-0.2, 0) is 19.6 Å². The van der Waals surface area contributed by atoms with Crippen molar-refractivity contribution in [3.05, 3.63) is 0 Å². The van der Waals surface area contributed by atoms with Gasteiger partial charge in [0.1, 0.15) is 0 Å². The van der Waals surface area contributed by atoms with Crippen molar-refractivity contribution in [3.63, 3.8) is 0 Å². The summed E-state index contributed by atoms with van der Waals surface area (Å²) in [7, 11) is -2.33. The minimum Gasteiger partial charge on any atom is -0.469 e. The van der Waals surface area contributed by atoms with Gasteiger partial charge >= 0.3 is 5.97 Å². The number of primary sulfonamides is 1. The first-order chi connectivity index (χ1) is 5.46. The van der Waals surface area contributed by atoms with Gasteiger partial charge in [0.05, 0.1) is 18.3 Å². The molecule has 1 aliphatic rings. The third kappa shape index (κ3) is 1.59. The van der Waals surface area contributed by atoms with E-state index in [0.717, 1.165) is 0 Å². The molecule has 70 valence electrons. The van der Waals surface area contributed by atoms with Crippen molar-refractivity contribution in [3.8, 4) is 0 Å². The topological polar surface area (TPSA) is 86.5 Å². The van der Waals surface area contributed by atoms with Crippen LogP contribution in [0.3, 0.4) is 0 Å². The largest absolute Gasteiger partial charge is 0.469 e. The summed E-state index contributed by atoms with van der Waals surface area (Å²) >= 11 is 0. The quantitative estimate of drug-likeness (QED) is 0.583. The molecule has 0 aliphatic heterocycles. The molecule has 1 fully saturated rings. The van der Waals surface area contributed by atoms with Crippen LogP contribution in [0.25, 0.3) is 0 Å². The van der Waals surface area contributed by atoms with E-state index in [2.05, 4.69) is 4.74 Å². The van der Waals surface area contributed by atoms with Gasteiger partial charge in [0.2, 0.25) is 10.0 Å². The number of nitrogens with two attached hydrogens (primary N) is 1. The molecule has 0 aromatic heterocycles. The number of methoxy groups -OCH3 is 1. The molecule has 2 N–H and O–H groups in total. The highest BCUT2D eigenvalue weighted by Crippen LogP contribution is 2.32. The third-order valence-corrected chi connectivity index (χ3v) is 3.55. The molecule has 0 bridgehead atoms. The second-order valence-corrected chi connectivity index (χ2v) is 4.62. The summed E-state index contributed by atoms with van der Waals surface area (Å²) in [6, 6.07) is 0. The average Bonchev–Trinajstić information content (AvgIpc) is 1.80. The maximum absolute atomic E-state index is 10.9. The molecule has 6 heteroatoms. The number of carbonyl (C=O) groups is 1. The number of esters is 1. The van der Waals surface area contributed by atoms with Gasteiger partial charge in [0, 0.05) is 0 Å². The molecule has 0 amide bonds. The van der Waals surface area contributed by atoms with Crippen LogP contribution in [0.4, 0.5) is 0 Å². The van der Waals surface area contributed by atoms with Crippen LogP contribution in [0.15, 0.2) is 0 Å². The molecule has 0 aromatic rings. The van der Waals surface area contributed by atoms with E-state index in [0.29, 0.717) is 12.8 Å². The molecule has 5 nitrogen and oxygen atoms in total. The van der Waals surface area contributed by atoms with E-state index in [4.69, 9.17) is 5.14 Å². The summed E-state index contributed by atoms with van der Waals surface area (Å²) in [6.07, 6.45) is 1.01. The van der Waals surface area contributed by atoms with Gasteiger partial charge in [-0.2, -0.15) is 0 Å². The van der Waals surface area contributed by atoms with Crippen LogP contribution in [0.2, 0.25) is 0 Å². The Morgan fingerprint density at radius 1 is 1.50 bits per heavy atom. The van der Waals surface area contributed by atoms with Crippen LogP contribution in [0.5, 0.6) is 0 Å². The molecule has 0 saturated heterocycles. The zero-order valence-electron chi connectivity index (χ0n) is 6.69. The average molecular weight is 193 g/mol. The summed E-state index contributed by atoms with van der Waals surface area (Å²) in [6.45, 7) is 0. The molecule has 1 saturated carbocycles. The van der Waals surface area contributed by atoms with Crippen LogP contribution in [0.1, 0.15) is 12.8 Å². The maximum atomic E-state index is 10.9. The Bertz CT molecular complexity index is 284. The Morgan fingerprint density at radius 2 is 2.08 bits per heavy atom. The molecule has 0 unspecified atom stereocenters. The van der Waals surface area contributed by atoms with E-state index >= 15 is 0 Å². The minimum absolute atomic E-state index is 0.457. The standard InChI is InChI=1S/C6H11NO4S/c1-11-6(8)4-2-3-5(4)12(7,9)10/h4-5H,2-3H2,1H3,(H2,7,9,10)/t4-,5+/m1/s1. The first-order valence-electron chi connectivity index (χ1n) is 3.56. The molecule has 12 heavy (non-hydrogen) atoms. The molecule has 1 rings (SSSR count). The molecular weight excluding hydrogens is 182 g/mol. The summed E-state index contributed by atoms with van der Waals surface area (Å²) < 4.78 is 26.0. The summed E-state index contributed by atoms with van der Waals surface area (Å²) in [4.78, 5) is 10.9. The zero-order chi connectivity index (χ0) is 9.35. The number of rotatable bonds is 2. The Hall–Kier alpha value is -0.620. The molecular formula is C6H11NO4S. The molecule has 2 atom stereocenters. The minimum atomic E-state index is -3.57. The normalized spacial score (nSPS) is 29.2. The van der Waals surface area contributed by atoms with Crippen molar-refractivity contribution < 1.29 is 17.9 Å². The molecule has 1 aliphatic carbocycles. The SMILES string of the molecule is COC(=O)[C@@H]1CC[C@@H]1S(N)(=O)=O. The van der Waals surface area contributed by atoms with Crippen molar-refractivity contribution in [1.82, 2.24) is 0 Å². The second kappa shape index (κ2) is 3.02. The van der Waals surface area contributed by atoms with Gasteiger partial charge in [-0.05, 0) is 12.8 Å². The van der Waals surface area contributed by atoms with Crippen LogP contribution >= 0.6 is 0 Å². The Morgan fingerprint density at radius 3 is 2.33 bits per heavy atom. The second-order valence-electron chi connectivity index (χ2n) is 2.83. The van der Waals surface area contributed by atoms with Crippen molar-refractivity contribution in [2.45, 2.75) is 18.1 Å². The van der Waals surface area contributed by atoms with Crippen LogP contribution < -0.4 is 5.14 Å². The fraction of sp³-hybridized carbons (Fsp3) is 0.833. The van der Waals surface area contributed by atoms with Gasteiger partial charge in [0.25, 0.3) is 0 Å².